The smallest absolute Gasteiger partial charge is 0.234 e. The third-order valence-corrected chi connectivity index (χ3v) is 4.04. The molecule has 1 saturated heterocycles. The Kier molecular flexibility index (Phi) is 5.40. The van der Waals surface area contributed by atoms with Crippen LogP contribution >= 0.6 is 11.6 Å². The van der Waals surface area contributed by atoms with Crippen LogP contribution in [0, 0.1) is 0 Å². The number of benzene rings is 1. The van der Waals surface area contributed by atoms with Crippen LogP contribution in [0.25, 0.3) is 0 Å². The Morgan fingerprint density at radius 1 is 1.50 bits per heavy atom. The van der Waals surface area contributed by atoms with Crippen molar-refractivity contribution in [3.63, 3.8) is 0 Å². The molecule has 2 rings (SSSR count). The molecule has 1 heterocycles. The van der Waals surface area contributed by atoms with Crippen LogP contribution in [-0.2, 0) is 4.79 Å². The Balaban J connectivity index is 1.76. The van der Waals surface area contributed by atoms with E-state index in [0.29, 0.717) is 17.6 Å². The van der Waals surface area contributed by atoms with E-state index in [4.69, 9.17) is 11.6 Å². The molecule has 0 unspecified atom stereocenters. The van der Waals surface area contributed by atoms with Crippen LogP contribution in [0.15, 0.2) is 24.3 Å². The second kappa shape index (κ2) is 7.07. The molecule has 0 spiro atoms. The number of hydrogen-bond donors (Lipinski definition) is 2. The average molecular weight is 297 g/mol. The zero-order valence-electron chi connectivity index (χ0n) is 11.7. The summed E-state index contributed by atoms with van der Waals surface area (Å²) >= 11 is 5.80. The standard InChI is InChI=1S/C15H21ClN2O2/c1-11-3-2-8-18(11)10-15(20)17-9-14(19)12-4-6-13(16)7-5-12/h4-7,11,14,19H,2-3,8-10H2,1H3,(H,17,20)/t11-,14+/m0/s1. The summed E-state index contributed by atoms with van der Waals surface area (Å²) in [7, 11) is 0. The third kappa shape index (κ3) is 4.20. The van der Waals surface area contributed by atoms with Gasteiger partial charge in [-0.25, -0.2) is 0 Å². The fraction of sp³-hybridized carbons (Fsp3) is 0.533. The lowest BCUT2D eigenvalue weighted by Gasteiger charge is -2.20. The number of carbonyl (C=O) groups excluding carboxylic acids is 1. The van der Waals surface area contributed by atoms with Gasteiger partial charge in [-0.1, -0.05) is 23.7 Å². The van der Waals surface area contributed by atoms with Crippen LogP contribution in [0.1, 0.15) is 31.4 Å². The zero-order valence-corrected chi connectivity index (χ0v) is 12.4. The van der Waals surface area contributed by atoms with E-state index < -0.39 is 6.10 Å². The zero-order chi connectivity index (χ0) is 14.5. The molecule has 0 aliphatic carbocycles. The lowest BCUT2D eigenvalue weighted by Crippen LogP contribution is -2.40. The predicted octanol–water partition coefficient (Wildman–Crippen LogP) is 1.97. The number of amides is 1. The largest absolute Gasteiger partial charge is 0.387 e. The molecule has 20 heavy (non-hydrogen) atoms. The summed E-state index contributed by atoms with van der Waals surface area (Å²) in [5.74, 6) is -0.0354. The lowest BCUT2D eigenvalue weighted by atomic mass is 10.1. The van der Waals surface area contributed by atoms with Crippen LogP contribution < -0.4 is 5.32 Å². The summed E-state index contributed by atoms with van der Waals surface area (Å²) in [6.45, 7) is 3.76. The van der Waals surface area contributed by atoms with Crippen LogP contribution in [0.2, 0.25) is 5.02 Å². The maximum Gasteiger partial charge on any atom is 0.234 e. The van der Waals surface area contributed by atoms with E-state index in [0.717, 1.165) is 24.9 Å². The first kappa shape index (κ1) is 15.3. The van der Waals surface area contributed by atoms with Gasteiger partial charge in [0.05, 0.1) is 12.6 Å². The molecule has 5 heteroatoms. The van der Waals surface area contributed by atoms with Gasteiger partial charge in [-0.2, -0.15) is 0 Å². The number of carbonyl (C=O) groups is 1. The normalized spacial score (nSPS) is 20.9. The molecular weight excluding hydrogens is 276 g/mol. The summed E-state index contributed by atoms with van der Waals surface area (Å²) in [5.41, 5.74) is 0.754. The number of nitrogens with zero attached hydrogens (tertiary/aromatic N) is 1. The van der Waals surface area contributed by atoms with Crippen molar-refractivity contribution in [1.82, 2.24) is 10.2 Å². The van der Waals surface area contributed by atoms with E-state index in [1.54, 1.807) is 24.3 Å². The summed E-state index contributed by atoms with van der Waals surface area (Å²) in [6, 6.07) is 7.47. The Labute approximate surface area is 124 Å². The van der Waals surface area contributed by atoms with E-state index in [9.17, 15) is 9.90 Å². The van der Waals surface area contributed by atoms with E-state index in [-0.39, 0.29) is 12.5 Å². The van der Waals surface area contributed by atoms with Gasteiger partial charge in [0.15, 0.2) is 0 Å². The Hall–Kier alpha value is -1.10. The second-order valence-corrected chi connectivity index (χ2v) is 5.77. The van der Waals surface area contributed by atoms with Gasteiger partial charge in [0.2, 0.25) is 5.91 Å². The molecule has 2 atom stereocenters. The third-order valence-electron chi connectivity index (χ3n) is 3.78. The Bertz CT molecular complexity index is 450. The van der Waals surface area contributed by atoms with Crippen molar-refractivity contribution < 1.29 is 9.90 Å². The molecule has 1 amide bonds. The first-order valence-corrected chi connectivity index (χ1v) is 7.38. The summed E-state index contributed by atoms with van der Waals surface area (Å²) in [5, 5.41) is 13.4. The number of aliphatic hydroxyl groups is 1. The van der Waals surface area contributed by atoms with Crippen LogP contribution in [-0.4, -0.2) is 41.6 Å². The molecule has 1 aromatic rings. The minimum atomic E-state index is -0.702. The molecule has 2 N–H and O–H groups in total. The molecule has 1 aliphatic heterocycles. The quantitative estimate of drug-likeness (QED) is 0.873. The minimum absolute atomic E-state index is 0.0354. The summed E-state index contributed by atoms with van der Waals surface area (Å²) in [6.07, 6.45) is 1.61. The van der Waals surface area contributed by atoms with Crippen molar-refractivity contribution in [3.05, 3.63) is 34.9 Å². The molecular formula is C15H21ClN2O2. The number of hydrogen-bond acceptors (Lipinski definition) is 3. The van der Waals surface area contributed by atoms with Crippen molar-refractivity contribution >= 4 is 17.5 Å². The van der Waals surface area contributed by atoms with E-state index in [1.165, 1.54) is 0 Å². The molecule has 0 saturated carbocycles. The van der Waals surface area contributed by atoms with Gasteiger partial charge in [-0.05, 0) is 44.0 Å². The maximum atomic E-state index is 11.8. The molecule has 4 nitrogen and oxygen atoms in total. The van der Waals surface area contributed by atoms with Gasteiger partial charge in [-0.15, -0.1) is 0 Å². The van der Waals surface area contributed by atoms with Crippen molar-refractivity contribution in [3.8, 4) is 0 Å². The van der Waals surface area contributed by atoms with Crippen molar-refractivity contribution in [2.45, 2.75) is 31.9 Å². The fourth-order valence-electron chi connectivity index (χ4n) is 2.48. The number of likely N-dealkylation sites (tertiary alicyclic amines) is 1. The van der Waals surface area contributed by atoms with E-state index in [1.807, 2.05) is 0 Å². The molecule has 0 radical (unpaired) electrons. The topological polar surface area (TPSA) is 52.6 Å². The number of rotatable bonds is 5. The number of halogens is 1. The van der Waals surface area contributed by atoms with E-state index in [2.05, 4.69) is 17.1 Å². The van der Waals surface area contributed by atoms with Crippen molar-refractivity contribution in [2.24, 2.45) is 0 Å². The highest BCUT2D eigenvalue weighted by atomic mass is 35.5. The molecule has 1 aromatic carbocycles. The molecule has 0 aromatic heterocycles. The first-order chi connectivity index (χ1) is 9.56. The van der Waals surface area contributed by atoms with Gasteiger partial charge in [-0.3, -0.25) is 9.69 Å². The monoisotopic (exact) mass is 296 g/mol. The Morgan fingerprint density at radius 2 is 2.20 bits per heavy atom. The second-order valence-electron chi connectivity index (χ2n) is 5.33. The molecule has 1 aliphatic rings. The molecule has 1 fully saturated rings. The molecule has 0 bridgehead atoms. The first-order valence-electron chi connectivity index (χ1n) is 7.00. The van der Waals surface area contributed by atoms with Crippen molar-refractivity contribution in [1.29, 1.82) is 0 Å². The van der Waals surface area contributed by atoms with Gasteiger partial charge >= 0.3 is 0 Å². The highest BCUT2D eigenvalue weighted by Gasteiger charge is 2.22. The Morgan fingerprint density at radius 3 is 2.80 bits per heavy atom. The van der Waals surface area contributed by atoms with Gasteiger partial charge in [0, 0.05) is 17.6 Å². The fourth-order valence-corrected chi connectivity index (χ4v) is 2.61. The average Bonchev–Trinajstić information content (AvgIpc) is 2.82. The minimum Gasteiger partial charge on any atom is -0.387 e. The molecule has 110 valence electrons. The van der Waals surface area contributed by atoms with Crippen LogP contribution in [0.3, 0.4) is 0 Å². The number of aliphatic hydroxyl groups excluding tert-OH is 1. The highest BCUT2D eigenvalue weighted by Crippen LogP contribution is 2.17. The summed E-state index contributed by atoms with van der Waals surface area (Å²) < 4.78 is 0. The lowest BCUT2D eigenvalue weighted by molar-refractivity contribution is -0.122. The van der Waals surface area contributed by atoms with Gasteiger partial charge in [0.25, 0.3) is 0 Å². The predicted molar refractivity (Wildman–Crippen MR) is 79.7 cm³/mol. The van der Waals surface area contributed by atoms with E-state index >= 15 is 0 Å². The maximum absolute atomic E-state index is 11.8. The van der Waals surface area contributed by atoms with Gasteiger partial charge < -0.3 is 10.4 Å². The number of nitrogens with one attached hydrogen (secondary N) is 1. The van der Waals surface area contributed by atoms with Crippen molar-refractivity contribution in [2.75, 3.05) is 19.6 Å². The summed E-state index contributed by atoms with van der Waals surface area (Å²) in [4.78, 5) is 14.0. The van der Waals surface area contributed by atoms with Gasteiger partial charge in [0.1, 0.15) is 0 Å². The van der Waals surface area contributed by atoms with Crippen LogP contribution in [0.4, 0.5) is 0 Å². The SMILES string of the molecule is C[C@H]1CCCN1CC(=O)NC[C@@H](O)c1ccc(Cl)cc1. The highest BCUT2D eigenvalue weighted by molar-refractivity contribution is 6.30. The van der Waals surface area contributed by atoms with Crippen LogP contribution in [0.5, 0.6) is 0 Å².